The molecule has 17 heavy (non-hydrogen) atoms. The van der Waals surface area contributed by atoms with Gasteiger partial charge in [-0.1, -0.05) is 11.6 Å². The molecule has 1 saturated heterocycles. The molecule has 4 nitrogen and oxygen atoms in total. The van der Waals surface area contributed by atoms with Gasteiger partial charge < -0.3 is 15.8 Å². The summed E-state index contributed by atoms with van der Waals surface area (Å²) in [5.41, 5.74) is 6.83. The summed E-state index contributed by atoms with van der Waals surface area (Å²) in [6.45, 7) is 2.43. The van der Waals surface area contributed by atoms with Crippen molar-refractivity contribution in [3.05, 3.63) is 23.2 Å². The average Bonchev–Trinajstić information content (AvgIpc) is 2.70. The van der Waals surface area contributed by atoms with E-state index in [9.17, 15) is 4.79 Å². The monoisotopic (exact) mass is 254 g/mol. The summed E-state index contributed by atoms with van der Waals surface area (Å²) in [5, 5.41) is 3.33. The van der Waals surface area contributed by atoms with Crippen molar-refractivity contribution < 1.29 is 9.53 Å². The summed E-state index contributed by atoms with van der Waals surface area (Å²) in [6.07, 6.45) is 0.884. The smallest absolute Gasteiger partial charge is 0.229 e. The van der Waals surface area contributed by atoms with Gasteiger partial charge in [-0.3, -0.25) is 4.79 Å². The lowest BCUT2D eigenvalue weighted by atomic mass is 10.1. The molecule has 5 heteroatoms. The highest BCUT2D eigenvalue weighted by molar-refractivity contribution is 6.31. The van der Waals surface area contributed by atoms with Crippen molar-refractivity contribution in [1.82, 2.24) is 0 Å². The second kappa shape index (κ2) is 4.94. The van der Waals surface area contributed by atoms with E-state index in [1.54, 1.807) is 18.2 Å². The van der Waals surface area contributed by atoms with E-state index in [2.05, 4.69) is 5.32 Å². The zero-order valence-corrected chi connectivity index (χ0v) is 10.3. The Morgan fingerprint density at radius 2 is 2.35 bits per heavy atom. The Hall–Kier alpha value is -1.26. The van der Waals surface area contributed by atoms with Gasteiger partial charge in [0.1, 0.15) is 0 Å². The van der Waals surface area contributed by atoms with Crippen molar-refractivity contribution in [2.24, 2.45) is 5.92 Å². The van der Waals surface area contributed by atoms with Crippen LogP contribution in [0.2, 0.25) is 5.02 Å². The maximum Gasteiger partial charge on any atom is 0.229 e. The lowest BCUT2D eigenvalue weighted by Gasteiger charge is -2.11. The van der Waals surface area contributed by atoms with E-state index in [4.69, 9.17) is 22.1 Å². The molecule has 2 atom stereocenters. The number of amides is 1. The van der Waals surface area contributed by atoms with Gasteiger partial charge in [0.2, 0.25) is 5.91 Å². The van der Waals surface area contributed by atoms with E-state index in [-0.39, 0.29) is 17.9 Å². The Morgan fingerprint density at radius 1 is 1.59 bits per heavy atom. The molecule has 0 saturated carbocycles. The number of nitrogens with one attached hydrogen (secondary N) is 1. The SMILES string of the molecule is CC1CC(C(=O)Nc2cc(Cl)ccc2N)CO1. The third kappa shape index (κ3) is 2.90. The number of carbonyl (C=O) groups excluding carboxylic acids is 1. The van der Waals surface area contributed by atoms with Crippen molar-refractivity contribution in [3.8, 4) is 0 Å². The summed E-state index contributed by atoms with van der Waals surface area (Å²) in [4.78, 5) is 11.9. The van der Waals surface area contributed by atoms with Gasteiger partial charge in [0.05, 0.1) is 30.0 Å². The number of halogens is 1. The molecule has 1 heterocycles. The molecule has 0 radical (unpaired) electrons. The van der Waals surface area contributed by atoms with Gasteiger partial charge in [0.25, 0.3) is 0 Å². The Balaban J connectivity index is 2.05. The molecule has 1 aliphatic heterocycles. The van der Waals surface area contributed by atoms with Crippen LogP contribution in [0, 0.1) is 5.92 Å². The summed E-state index contributed by atoms with van der Waals surface area (Å²) in [7, 11) is 0. The topological polar surface area (TPSA) is 64.4 Å². The van der Waals surface area contributed by atoms with Crippen LogP contribution in [0.3, 0.4) is 0 Å². The summed E-state index contributed by atoms with van der Waals surface area (Å²) in [5.74, 6) is -0.174. The van der Waals surface area contributed by atoms with Crippen LogP contribution in [0.1, 0.15) is 13.3 Å². The molecule has 92 valence electrons. The van der Waals surface area contributed by atoms with Gasteiger partial charge in [-0.05, 0) is 31.5 Å². The first-order valence-electron chi connectivity index (χ1n) is 5.53. The zero-order chi connectivity index (χ0) is 12.4. The number of nitrogens with two attached hydrogens (primary N) is 1. The highest BCUT2D eigenvalue weighted by atomic mass is 35.5. The van der Waals surface area contributed by atoms with Crippen molar-refractivity contribution in [2.45, 2.75) is 19.4 Å². The fraction of sp³-hybridized carbons (Fsp3) is 0.417. The van der Waals surface area contributed by atoms with Crippen LogP contribution in [0.15, 0.2) is 18.2 Å². The minimum absolute atomic E-state index is 0.0664. The van der Waals surface area contributed by atoms with Crippen molar-refractivity contribution in [2.75, 3.05) is 17.7 Å². The Bertz CT molecular complexity index is 437. The third-order valence-corrected chi connectivity index (χ3v) is 3.08. The molecule has 0 aliphatic carbocycles. The first kappa shape index (κ1) is 12.2. The van der Waals surface area contributed by atoms with Gasteiger partial charge in [-0.2, -0.15) is 0 Å². The number of nitrogen functional groups attached to an aromatic ring is 1. The van der Waals surface area contributed by atoms with E-state index in [1.165, 1.54) is 0 Å². The zero-order valence-electron chi connectivity index (χ0n) is 9.57. The van der Waals surface area contributed by atoms with Crippen LogP contribution in [-0.4, -0.2) is 18.6 Å². The van der Waals surface area contributed by atoms with Gasteiger partial charge in [-0.25, -0.2) is 0 Å². The molecular formula is C12H15ClN2O2. The highest BCUT2D eigenvalue weighted by Gasteiger charge is 2.28. The Kier molecular flexibility index (Phi) is 3.54. The molecule has 0 aromatic heterocycles. The number of hydrogen-bond acceptors (Lipinski definition) is 3. The Morgan fingerprint density at radius 3 is 3.00 bits per heavy atom. The van der Waals surface area contributed by atoms with Crippen LogP contribution in [0.5, 0.6) is 0 Å². The number of rotatable bonds is 2. The number of carbonyl (C=O) groups is 1. The van der Waals surface area contributed by atoms with Crippen LogP contribution >= 0.6 is 11.6 Å². The Labute approximate surface area is 105 Å². The molecule has 3 N–H and O–H groups in total. The maximum absolute atomic E-state index is 11.9. The van der Waals surface area contributed by atoms with Crippen LogP contribution in [0.25, 0.3) is 0 Å². The molecule has 1 aromatic carbocycles. The predicted octanol–water partition coefficient (Wildman–Crippen LogP) is 2.29. The minimum Gasteiger partial charge on any atom is -0.397 e. The summed E-state index contributed by atoms with van der Waals surface area (Å²) < 4.78 is 5.36. The van der Waals surface area contributed by atoms with E-state index in [0.717, 1.165) is 6.42 Å². The largest absolute Gasteiger partial charge is 0.397 e. The third-order valence-electron chi connectivity index (χ3n) is 2.84. The number of ether oxygens (including phenoxy) is 1. The highest BCUT2D eigenvalue weighted by Crippen LogP contribution is 2.25. The lowest BCUT2D eigenvalue weighted by Crippen LogP contribution is -2.23. The van der Waals surface area contributed by atoms with Gasteiger partial charge in [0, 0.05) is 5.02 Å². The fourth-order valence-corrected chi connectivity index (χ4v) is 2.04. The second-order valence-electron chi connectivity index (χ2n) is 4.30. The number of hydrogen-bond donors (Lipinski definition) is 2. The summed E-state index contributed by atoms with van der Waals surface area (Å²) >= 11 is 5.85. The molecule has 1 fully saturated rings. The first-order chi connectivity index (χ1) is 8.06. The number of anilines is 2. The van der Waals surface area contributed by atoms with Gasteiger partial charge >= 0.3 is 0 Å². The quantitative estimate of drug-likeness (QED) is 0.796. The van der Waals surface area contributed by atoms with Crippen LogP contribution in [0.4, 0.5) is 11.4 Å². The normalized spacial score (nSPS) is 23.6. The first-order valence-corrected chi connectivity index (χ1v) is 5.91. The molecule has 1 amide bonds. The molecular weight excluding hydrogens is 240 g/mol. The minimum atomic E-state index is -0.108. The molecule has 0 bridgehead atoms. The second-order valence-corrected chi connectivity index (χ2v) is 4.73. The molecule has 2 rings (SSSR count). The van der Waals surface area contributed by atoms with Crippen LogP contribution in [-0.2, 0) is 9.53 Å². The van der Waals surface area contributed by atoms with E-state index in [0.29, 0.717) is 23.0 Å². The fourth-order valence-electron chi connectivity index (χ4n) is 1.87. The number of benzene rings is 1. The van der Waals surface area contributed by atoms with E-state index < -0.39 is 0 Å². The summed E-state index contributed by atoms with van der Waals surface area (Å²) in [6, 6.07) is 5.01. The van der Waals surface area contributed by atoms with Crippen molar-refractivity contribution in [1.29, 1.82) is 0 Å². The molecule has 1 aromatic rings. The van der Waals surface area contributed by atoms with E-state index >= 15 is 0 Å². The standard InChI is InChI=1S/C12H15ClN2O2/c1-7-4-8(6-17-7)12(16)15-11-5-9(13)2-3-10(11)14/h2-3,5,7-8H,4,6,14H2,1H3,(H,15,16). The average molecular weight is 255 g/mol. The maximum atomic E-state index is 11.9. The molecule has 1 aliphatic rings. The molecule has 0 spiro atoms. The van der Waals surface area contributed by atoms with Gasteiger partial charge in [0.15, 0.2) is 0 Å². The predicted molar refractivity (Wildman–Crippen MR) is 68.0 cm³/mol. The van der Waals surface area contributed by atoms with Gasteiger partial charge in [-0.15, -0.1) is 0 Å². The van der Waals surface area contributed by atoms with E-state index in [1.807, 2.05) is 6.92 Å². The van der Waals surface area contributed by atoms with Crippen molar-refractivity contribution >= 4 is 28.9 Å². The lowest BCUT2D eigenvalue weighted by molar-refractivity contribution is -0.119. The molecule has 2 unspecified atom stereocenters. The van der Waals surface area contributed by atoms with Crippen LogP contribution < -0.4 is 11.1 Å². The van der Waals surface area contributed by atoms with Crippen molar-refractivity contribution in [3.63, 3.8) is 0 Å².